The highest BCUT2D eigenvalue weighted by Crippen LogP contribution is 2.17. The summed E-state index contributed by atoms with van der Waals surface area (Å²) < 4.78 is 27.5. The first-order valence-corrected chi connectivity index (χ1v) is 4.99. The number of aromatic nitrogens is 2. The highest BCUT2D eigenvalue weighted by Gasteiger charge is 2.11. The summed E-state index contributed by atoms with van der Waals surface area (Å²) >= 11 is 0. The third-order valence-corrected chi connectivity index (χ3v) is 2.47. The van der Waals surface area contributed by atoms with Gasteiger partial charge in [-0.2, -0.15) is 0 Å². The van der Waals surface area contributed by atoms with Crippen molar-refractivity contribution in [1.29, 1.82) is 0 Å². The Morgan fingerprint density at radius 2 is 2.00 bits per heavy atom. The average Bonchev–Trinajstić information content (AvgIpc) is 2.62. The molecule has 0 aliphatic carbocycles. The minimum Gasteiger partial charge on any atom is -0.347 e. The number of fused-ring (bicyclic) bond motifs is 1. The van der Waals surface area contributed by atoms with Gasteiger partial charge in [-0.3, -0.25) is 4.79 Å². The molecule has 1 aromatic carbocycles. The maximum Gasteiger partial charge on any atom is 0.242 e. The molecule has 90 valence electrons. The molecule has 0 aliphatic heterocycles. The number of likely N-dealkylation sites (N-methyl/N-ethyl adjacent to an activating group) is 1. The van der Waals surface area contributed by atoms with Crippen molar-refractivity contribution in [3.63, 3.8) is 0 Å². The Morgan fingerprint density at radius 1 is 1.35 bits per heavy atom. The number of carbonyl (C=O) groups excluding carboxylic acids is 1. The Hall–Kier alpha value is -1.98. The van der Waals surface area contributed by atoms with Crippen LogP contribution < -0.4 is 0 Å². The molecule has 2 aromatic rings. The molecule has 0 atom stereocenters. The van der Waals surface area contributed by atoms with Gasteiger partial charge in [0.05, 0.1) is 17.4 Å². The van der Waals surface area contributed by atoms with E-state index < -0.39 is 11.6 Å². The minimum atomic E-state index is -0.948. The van der Waals surface area contributed by atoms with E-state index in [4.69, 9.17) is 0 Å². The molecular formula is C11H11F2N3O. The highest BCUT2D eigenvalue weighted by atomic mass is 19.2. The SMILES string of the molecule is CN(C)C(=O)Cn1cnc2cc(F)c(F)cc21. The van der Waals surface area contributed by atoms with Crippen LogP contribution in [0.3, 0.4) is 0 Å². The van der Waals surface area contributed by atoms with Gasteiger partial charge in [-0.15, -0.1) is 0 Å². The van der Waals surface area contributed by atoms with Crippen molar-refractivity contribution in [1.82, 2.24) is 14.5 Å². The number of nitrogens with zero attached hydrogens (tertiary/aromatic N) is 3. The molecular weight excluding hydrogens is 228 g/mol. The molecule has 4 nitrogen and oxygen atoms in total. The predicted octanol–water partition coefficient (Wildman–Crippen LogP) is 1.40. The second kappa shape index (κ2) is 4.12. The van der Waals surface area contributed by atoms with E-state index in [1.54, 1.807) is 14.1 Å². The largest absolute Gasteiger partial charge is 0.347 e. The molecule has 0 saturated carbocycles. The standard InChI is InChI=1S/C11H11F2N3O/c1-15(2)11(17)5-16-6-14-9-3-7(12)8(13)4-10(9)16/h3-4,6H,5H2,1-2H3. The number of hydrogen-bond donors (Lipinski definition) is 0. The van der Waals surface area contributed by atoms with Crippen LogP contribution >= 0.6 is 0 Å². The normalized spacial score (nSPS) is 10.8. The van der Waals surface area contributed by atoms with E-state index in [1.807, 2.05) is 0 Å². The van der Waals surface area contributed by atoms with E-state index in [0.29, 0.717) is 11.0 Å². The fourth-order valence-electron chi connectivity index (χ4n) is 1.47. The van der Waals surface area contributed by atoms with E-state index >= 15 is 0 Å². The summed E-state index contributed by atoms with van der Waals surface area (Å²) in [4.78, 5) is 16.9. The summed E-state index contributed by atoms with van der Waals surface area (Å²) in [5.74, 6) is -2.03. The van der Waals surface area contributed by atoms with Crippen molar-refractivity contribution >= 4 is 16.9 Å². The van der Waals surface area contributed by atoms with E-state index in [0.717, 1.165) is 12.1 Å². The van der Waals surface area contributed by atoms with Crippen LogP contribution in [0.1, 0.15) is 0 Å². The van der Waals surface area contributed by atoms with Crippen LogP contribution in [-0.2, 0) is 11.3 Å². The molecule has 0 fully saturated rings. The van der Waals surface area contributed by atoms with Gasteiger partial charge in [-0.05, 0) is 0 Å². The van der Waals surface area contributed by atoms with Gasteiger partial charge >= 0.3 is 0 Å². The number of hydrogen-bond acceptors (Lipinski definition) is 2. The lowest BCUT2D eigenvalue weighted by molar-refractivity contribution is -0.129. The first-order valence-electron chi connectivity index (χ1n) is 4.99. The first kappa shape index (κ1) is 11.5. The van der Waals surface area contributed by atoms with Crippen LogP contribution in [0.4, 0.5) is 8.78 Å². The van der Waals surface area contributed by atoms with Crippen molar-refractivity contribution in [2.24, 2.45) is 0 Å². The van der Waals surface area contributed by atoms with Gasteiger partial charge in [0.2, 0.25) is 5.91 Å². The third kappa shape index (κ3) is 2.11. The first-order chi connectivity index (χ1) is 7.99. The fourth-order valence-corrected chi connectivity index (χ4v) is 1.47. The molecule has 0 unspecified atom stereocenters. The van der Waals surface area contributed by atoms with Gasteiger partial charge in [0.1, 0.15) is 6.54 Å². The Kier molecular flexibility index (Phi) is 2.79. The van der Waals surface area contributed by atoms with E-state index in [-0.39, 0.29) is 12.5 Å². The Labute approximate surface area is 96.5 Å². The zero-order valence-electron chi connectivity index (χ0n) is 9.44. The Balaban J connectivity index is 2.42. The van der Waals surface area contributed by atoms with Gasteiger partial charge in [0.25, 0.3) is 0 Å². The summed E-state index contributed by atoms with van der Waals surface area (Å²) in [5.41, 5.74) is 0.731. The predicted molar refractivity (Wildman–Crippen MR) is 58.3 cm³/mol. The van der Waals surface area contributed by atoms with Gasteiger partial charge in [0.15, 0.2) is 11.6 Å². The lowest BCUT2D eigenvalue weighted by Gasteiger charge is -2.10. The molecule has 0 aliphatic rings. The second-order valence-corrected chi connectivity index (χ2v) is 3.92. The zero-order valence-corrected chi connectivity index (χ0v) is 9.44. The van der Waals surface area contributed by atoms with Crippen LogP contribution in [0.15, 0.2) is 18.5 Å². The van der Waals surface area contributed by atoms with Crippen LogP contribution in [0, 0.1) is 11.6 Å². The monoisotopic (exact) mass is 239 g/mol. The molecule has 0 spiro atoms. The number of rotatable bonds is 2. The van der Waals surface area contributed by atoms with Crippen molar-refractivity contribution < 1.29 is 13.6 Å². The van der Waals surface area contributed by atoms with E-state index in [2.05, 4.69) is 4.98 Å². The van der Waals surface area contributed by atoms with Gasteiger partial charge in [-0.1, -0.05) is 0 Å². The topological polar surface area (TPSA) is 38.1 Å². The number of halogens is 2. The number of benzene rings is 1. The Morgan fingerprint density at radius 3 is 2.65 bits per heavy atom. The quantitative estimate of drug-likeness (QED) is 0.794. The van der Waals surface area contributed by atoms with Gasteiger partial charge < -0.3 is 9.47 Å². The van der Waals surface area contributed by atoms with Crippen molar-refractivity contribution in [3.8, 4) is 0 Å². The fraction of sp³-hybridized carbons (Fsp3) is 0.273. The van der Waals surface area contributed by atoms with Crippen LogP contribution in [-0.4, -0.2) is 34.5 Å². The molecule has 0 radical (unpaired) electrons. The molecule has 2 rings (SSSR count). The molecule has 0 saturated heterocycles. The third-order valence-electron chi connectivity index (χ3n) is 2.47. The van der Waals surface area contributed by atoms with Crippen molar-refractivity contribution in [3.05, 3.63) is 30.1 Å². The molecule has 1 amide bonds. The van der Waals surface area contributed by atoms with Crippen LogP contribution in [0.5, 0.6) is 0 Å². The summed E-state index contributed by atoms with van der Waals surface area (Å²) in [6.07, 6.45) is 1.39. The summed E-state index contributed by atoms with van der Waals surface area (Å²) in [5, 5.41) is 0. The average molecular weight is 239 g/mol. The highest BCUT2D eigenvalue weighted by molar-refractivity contribution is 5.80. The minimum absolute atomic E-state index is 0.0502. The summed E-state index contributed by atoms with van der Waals surface area (Å²) in [7, 11) is 3.25. The van der Waals surface area contributed by atoms with Crippen molar-refractivity contribution in [2.45, 2.75) is 6.54 Å². The molecule has 6 heteroatoms. The zero-order chi connectivity index (χ0) is 12.6. The van der Waals surface area contributed by atoms with Crippen LogP contribution in [0.2, 0.25) is 0 Å². The maximum atomic E-state index is 13.1. The Bertz CT molecular complexity index is 577. The van der Waals surface area contributed by atoms with Crippen LogP contribution in [0.25, 0.3) is 11.0 Å². The molecule has 0 N–H and O–H groups in total. The smallest absolute Gasteiger partial charge is 0.242 e. The van der Waals surface area contributed by atoms with E-state index in [1.165, 1.54) is 15.8 Å². The molecule has 1 heterocycles. The second-order valence-electron chi connectivity index (χ2n) is 3.92. The van der Waals surface area contributed by atoms with E-state index in [9.17, 15) is 13.6 Å². The maximum absolute atomic E-state index is 13.1. The van der Waals surface area contributed by atoms with Crippen molar-refractivity contribution in [2.75, 3.05) is 14.1 Å². The van der Waals surface area contributed by atoms with Gasteiger partial charge in [-0.25, -0.2) is 13.8 Å². The number of amides is 1. The lowest BCUT2D eigenvalue weighted by atomic mass is 10.3. The molecule has 0 bridgehead atoms. The van der Waals surface area contributed by atoms with Gasteiger partial charge in [0, 0.05) is 26.2 Å². The summed E-state index contributed by atoms with van der Waals surface area (Å²) in [6.45, 7) is 0.0502. The summed E-state index contributed by atoms with van der Waals surface area (Å²) in [6, 6.07) is 2.06. The number of carbonyl (C=O) groups is 1. The number of imidazole rings is 1. The lowest BCUT2D eigenvalue weighted by Crippen LogP contribution is -2.25. The molecule has 17 heavy (non-hydrogen) atoms. The molecule has 1 aromatic heterocycles.